The number of benzene rings is 2. The molecule has 9 heteroatoms. The zero-order valence-corrected chi connectivity index (χ0v) is 10.9. The van der Waals surface area contributed by atoms with Gasteiger partial charge in [0.05, 0.1) is 21.9 Å². The SMILES string of the molecule is O=C(O)c1ccccc1Nc1ccc([N+](=O)[O-])c2nonc12. The molecule has 0 fully saturated rings. The zero-order chi connectivity index (χ0) is 15.7. The van der Waals surface area contributed by atoms with Crippen LogP contribution in [0.15, 0.2) is 41.0 Å². The van der Waals surface area contributed by atoms with Gasteiger partial charge in [0.15, 0.2) is 5.52 Å². The van der Waals surface area contributed by atoms with Gasteiger partial charge in [-0.2, -0.15) is 0 Å². The average molecular weight is 300 g/mol. The van der Waals surface area contributed by atoms with Crippen LogP contribution in [0, 0.1) is 10.1 Å². The number of anilines is 2. The molecule has 0 spiro atoms. The number of nitrogens with one attached hydrogen (secondary N) is 1. The van der Waals surface area contributed by atoms with Gasteiger partial charge in [-0.05, 0) is 28.5 Å². The molecular formula is C13H8N4O5. The summed E-state index contributed by atoms with van der Waals surface area (Å²) in [5, 5.41) is 30.1. The second-order valence-corrected chi connectivity index (χ2v) is 4.33. The van der Waals surface area contributed by atoms with Gasteiger partial charge in [-0.15, -0.1) is 0 Å². The number of non-ortho nitro benzene ring substituents is 1. The molecule has 0 aliphatic heterocycles. The predicted octanol–water partition coefficient (Wildman–Crippen LogP) is 2.57. The highest BCUT2D eigenvalue weighted by Gasteiger charge is 2.20. The molecule has 2 N–H and O–H groups in total. The minimum absolute atomic E-state index is 0.0113. The van der Waals surface area contributed by atoms with Crippen LogP contribution in [0.2, 0.25) is 0 Å². The number of carboxylic acid groups (broad SMARTS) is 1. The third-order valence-corrected chi connectivity index (χ3v) is 3.02. The third kappa shape index (κ3) is 2.20. The molecule has 0 unspecified atom stereocenters. The van der Waals surface area contributed by atoms with Crippen LogP contribution in [0.4, 0.5) is 17.1 Å². The van der Waals surface area contributed by atoms with Crippen molar-refractivity contribution >= 4 is 34.1 Å². The largest absolute Gasteiger partial charge is 0.478 e. The van der Waals surface area contributed by atoms with Crippen LogP contribution in [0.5, 0.6) is 0 Å². The van der Waals surface area contributed by atoms with Crippen molar-refractivity contribution in [3.8, 4) is 0 Å². The van der Waals surface area contributed by atoms with Gasteiger partial charge in [0.2, 0.25) is 5.52 Å². The van der Waals surface area contributed by atoms with E-state index in [0.717, 1.165) is 0 Å². The molecule has 22 heavy (non-hydrogen) atoms. The quantitative estimate of drug-likeness (QED) is 0.555. The Balaban J connectivity index is 2.10. The van der Waals surface area contributed by atoms with Crippen molar-refractivity contribution in [3.05, 3.63) is 52.1 Å². The first-order valence-corrected chi connectivity index (χ1v) is 6.07. The summed E-state index contributed by atoms with van der Waals surface area (Å²) in [6.07, 6.45) is 0. The first-order valence-electron chi connectivity index (χ1n) is 6.07. The Labute approximate surface area is 122 Å². The van der Waals surface area contributed by atoms with E-state index in [9.17, 15) is 14.9 Å². The summed E-state index contributed by atoms with van der Waals surface area (Å²) in [4.78, 5) is 21.5. The smallest absolute Gasteiger partial charge is 0.337 e. The molecule has 3 aromatic rings. The molecule has 0 saturated carbocycles. The molecule has 0 radical (unpaired) electrons. The van der Waals surface area contributed by atoms with Crippen LogP contribution in [0.3, 0.4) is 0 Å². The van der Waals surface area contributed by atoms with Crippen molar-refractivity contribution in [2.75, 3.05) is 5.32 Å². The van der Waals surface area contributed by atoms with Gasteiger partial charge in [-0.3, -0.25) is 10.1 Å². The summed E-state index contributed by atoms with van der Waals surface area (Å²) in [5.41, 5.74) is 0.639. The summed E-state index contributed by atoms with van der Waals surface area (Å²) in [6, 6.07) is 8.94. The molecule has 0 saturated heterocycles. The van der Waals surface area contributed by atoms with E-state index >= 15 is 0 Å². The fourth-order valence-electron chi connectivity index (χ4n) is 2.03. The number of nitro benzene ring substituents is 1. The van der Waals surface area contributed by atoms with Gasteiger partial charge in [-0.25, -0.2) is 9.42 Å². The highest BCUT2D eigenvalue weighted by molar-refractivity contribution is 5.99. The lowest BCUT2D eigenvalue weighted by atomic mass is 10.1. The lowest BCUT2D eigenvalue weighted by Gasteiger charge is -2.09. The Morgan fingerprint density at radius 3 is 2.59 bits per heavy atom. The van der Waals surface area contributed by atoms with Crippen LogP contribution in [0.1, 0.15) is 10.4 Å². The van der Waals surface area contributed by atoms with E-state index in [1.54, 1.807) is 18.2 Å². The molecule has 0 aliphatic carbocycles. The average Bonchev–Trinajstić information content (AvgIpc) is 2.97. The molecule has 1 heterocycles. The monoisotopic (exact) mass is 300 g/mol. The lowest BCUT2D eigenvalue weighted by molar-refractivity contribution is -0.383. The van der Waals surface area contributed by atoms with Crippen molar-refractivity contribution in [1.29, 1.82) is 0 Å². The van der Waals surface area contributed by atoms with E-state index in [-0.39, 0.29) is 22.3 Å². The number of nitrogens with zero attached hydrogens (tertiary/aromatic N) is 3. The number of hydrogen-bond donors (Lipinski definition) is 2. The molecule has 1 aromatic heterocycles. The Hall–Kier alpha value is -3.49. The summed E-state index contributed by atoms with van der Waals surface area (Å²) in [5.74, 6) is -1.10. The molecule has 0 atom stereocenters. The van der Waals surface area contributed by atoms with Crippen molar-refractivity contribution in [2.24, 2.45) is 0 Å². The van der Waals surface area contributed by atoms with Gasteiger partial charge < -0.3 is 10.4 Å². The second-order valence-electron chi connectivity index (χ2n) is 4.33. The Morgan fingerprint density at radius 1 is 1.14 bits per heavy atom. The van der Waals surface area contributed by atoms with E-state index in [1.165, 1.54) is 18.2 Å². The molecule has 110 valence electrons. The van der Waals surface area contributed by atoms with Gasteiger partial charge in [-0.1, -0.05) is 12.1 Å². The van der Waals surface area contributed by atoms with Crippen LogP contribution in [-0.4, -0.2) is 26.3 Å². The van der Waals surface area contributed by atoms with Gasteiger partial charge >= 0.3 is 11.7 Å². The molecule has 0 amide bonds. The maximum Gasteiger partial charge on any atom is 0.337 e. The van der Waals surface area contributed by atoms with Crippen LogP contribution < -0.4 is 5.32 Å². The van der Waals surface area contributed by atoms with Gasteiger partial charge in [0, 0.05) is 6.07 Å². The van der Waals surface area contributed by atoms with Crippen molar-refractivity contribution in [1.82, 2.24) is 10.3 Å². The molecular weight excluding hydrogens is 292 g/mol. The zero-order valence-electron chi connectivity index (χ0n) is 10.9. The van der Waals surface area contributed by atoms with Crippen molar-refractivity contribution in [2.45, 2.75) is 0 Å². The topological polar surface area (TPSA) is 131 Å². The number of carboxylic acids is 1. The van der Waals surface area contributed by atoms with Crippen molar-refractivity contribution in [3.63, 3.8) is 0 Å². The first-order chi connectivity index (χ1) is 10.6. The fourth-order valence-corrected chi connectivity index (χ4v) is 2.03. The van der Waals surface area contributed by atoms with Crippen LogP contribution in [0.25, 0.3) is 11.0 Å². The van der Waals surface area contributed by atoms with E-state index in [2.05, 4.69) is 20.3 Å². The summed E-state index contributed by atoms with van der Waals surface area (Å²) in [6.45, 7) is 0. The number of para-hydroxylation sites is 1. The molecule has 3 rings (SSSR count). The minimum Gasteiger partial charge on any atom is -0.478 e. The van der Waals surface area contributed by atoms with Gasteiger partial charge in [0.1, 0.15) is 0 Å². The highest BCUT2D eigenvalue weighted by Crippen LogP contribution is 2.31. The number of aromatic nitrogens is 2. The first kappa shape index (κ1) is 13.5. The Morgan fingerprint density at radius 2 is 1.86 bits per heavy atom. The van der Waals surface area contributed by atoms with E-state index in [1.807, 2.05) is 0 Å². The second kappa shape index (κ2) is 5.13. The Bertz CT molecular complexity index is 889. The van der Waals surface area contributed by atoms with Crippen LogP contribution >= 0.6 is 0 Å². The summed E-state index contributed by atoms with van der Waals surface area (Å²) >= 11 is 0. The van der Waals surface area contributed by atoms with E-state index in [0.29, 0.717) is 11.4 Å². The van der Waals surface area contributed by atoms with E-state index in [4.69, 9.17) is 5.11 Å². The molecule has 2 aromatic carbocycles. The highest BCUT2D eigenvalue weighted by atomic mass is 16.6. The number of hydrogen-bond acceptors (Lipinski definition) is 7. The normalized spacial score (nSPS) is 10.5. The van der Waals surface area contributed by atoms with E-state index < -0.39 is 10.9 Å². The number of aromatic carboxylic acids is 1. The van der Waals surface area contributed by atoms with Gasteiger partial charge in [0.25, 0.3) is 0 Å². The molecule has 0 aliphatic rings. The standard InChI is InChI=1S/C13H8N4O5/c18-13(19)7-3-1-2-4-8(7)14-9-5-6-10(17(20)21)12-11(9)15-22-16-12/h1-6,14H,(H,18,19). The number of nitro groups is 1. The number of carbonyl (C=O) groups is 1. The lowest BCUT2D eigenvalue weighted by Crippen LogP contribution is -2.03. The number of rotatable bonds is 4. The molecule has 0 bridgehead atoms. The maximum atomic E-state index is 11.2. The Kier molecular flexibility index (Phi) is 3.14. The van der Waals surface area contributed by atoms with Crippen LogP contribution in [-0.2, 0) is 0 Å². The van der Waals surface area contributed by atoms with Crippen molar-refractivity contribution < 1.29 is 19.5 Å². The predicted molar refractivity (Wildman–Crippen MR) is 75.1 cm³/mol. The number of fused-ring (bicyclic) bond motifs is 1. The summed E-state index contributed by atoms with van der Waals surface area (Å²) < 4.78 is 4.55. The molecule has 9 nitrogen and oxygen atoms in total. The maximum absolute atomic E-state index is 11.2. The fraction of sp³-hybridized carbons (Fsp3) is 0. The minimum atomic E-state index is -1.10. The summed E-state index contributed by atoms with van der Waals surface area (Å²) in [7, 11) is 0. The third-order valence-electron chi connectivity index (χ3n) is 3.02.